The van der Waals surface area contributed by atoms with E-state index in [0.717, 1.165) is 23.2 Å². The van der Waals surface area contributed by atoms with E-state index in [1.165, 1.54) is 0 Å². The lowest BCUT2D eigenvalue weighted by Gasteiger charge is -2.16. The van der Waals surface area contributed by atoms with Crippen molar-refractivity contribution in [2.75, 3.05) is 5.75 Å². The lowest BCUT2D eigenvalue weighted by Crippen LogP contribution is -2.29. The Labute approximate surface area is 137 Å². The van der Waals surface area contributed by atoms with Gasteiger partial charge in [-0.1, -0.05) is 13.3 Å². The zero-order valence-electron chi connectivity index (χ0n) is 13.7. The molecule has 124 valence electrons. The third-order valence-electron chi connectivity index (χ3n) is 3.55. The van der Waals surface area contributed by atoms with Crippen molar-refractivity contribution in [1.29, 1.82) is 0 Å². The fourth-order valence-electron chi connectivity index (χ4n) is 2.27. The van der Waals surface area contributed by atoms with Gasteiger partial charge in [0.05, 0.1) is 5.75 Å². The Morgan fingerprint density at radius 3 is 2.57 bits per heavy atom. The minimum Gasteiger partial charge on any atom is -0.265 e. The molecule has 0 saturated carbocycles. The van der Waals surface area contributed by atoms with Crippen LogP contribution in [-0.2, 0) is 10.0 Å². The number of nitrogens with zero attached hydrogens (tertiary/aromatic N) is 3. The van der Waals surface area contributed by atoms with E-state index in [0.29, 0.717) is 12.2 Å². The third kappa shape index (κ3) is 4.80. The van der Waals surface area contributed by atoms with E-state index in [9.17, 15) is 8.42 Å². The van der Waals surface area contributed by atoms with Crippen molar-refractivity contribution in [3.05, 3.63) is 42.0 Å². The fourth-order valence-corrected chi connectivity index (χ4v) is 3.72. The summed E-state index contributed by atoms with van der Waals surface area (Å²) in [5, 5.41) is 0. The number of rotatable bonds is 7. The molecule has 0 aliphatic carbocycles. The first-order chi connectivity index (χ1) is 10.9. The average molecular weight is 334 g/mol. The molecule has 7 heteroatoms. The van der Waals surface area contributed by atoms with Crippen LogP contribution < -0.4 is 4.72 Å². The predicted molar refractivity (Wildman–Crippen MR) is 90.2 cm³/mol. The van der Waals surface area contributed by atoms with Gasteiger partial charge < -0.3 is 0 Å². The van der Waals surface area contributed by atoms with Crippen molar-refractivity contribution in [2.24, 2.45) is 0 Å². The maximum absolute atomic E-state index is 12.0. The molecular weight excluding hydrogens is 312 g/mol. The minimum atomic E-state index is -3.28. The van der Waals surface area contributed by atoms with Gasteiger partial charge in [-0.3, -0.25) is 4.98 Å². The van der Waals surface area contributed by atoms with Crippen LogP contribution in [0.5, 0.6) is 0 Å². The van der Waals surface area contributed by atoms with Gasteiger partial charge in [-0.05, 0) is 32.4 Å². The summed E-state index contributed by atoms with van der Waals surface area (Å²) in [4.78, 5) is 12.8. The van der Waals surface area contributed by atoms with Crippen LogP contribution in [0.15, 0.2) is 30.7 Å². The zero-order chi connectivity index (χ0) is 16.9. The van der Waals surface area contributed by atoms with Crippen LogP contribution in [0.1, 0.15) is 44.0 Å². The molecule has 0 bridgehead atoms. The molecule has 0 saturated heterocycles. The maximum Gasteiger partial charge on any atom is 0.212 e. The molecule has 0 spiro atoms. The Bertz CT molecular complexity index is 748. The lowest BCUT2D eigenvalue weighted by molar-refractivity contribution is 0.562. The highest BCUT2D eigenvalue weighted by Crippen LogP contribution is 2.20. The highest BCUT2D eigenvalue weighted by atomic mass is 32.2. The topological polar surface area (TPSA) is 84.8 Å². The van der Waals surface area contributed by atoms with Gasteiger partial charge in [0.15, 0.2) is 5.82 Å². The molecule has 0 aromatic carbocycles. The molecule has 6 nitrogen and oxygen atoms in total. The van der Waals surface area contributed by atoms with E-state index in [1.807, 2.05) is 26.0 Å². The first kappa shape index (κ1) is 17.5. The van der Waals surface area contributed by atoms with Gasteiger partial charge in [0, 0.05) is 41.5 Å². The Morgan fingerprint density at radius 2 is 1.96 bits per heavy atom. The normalized spacial score (nSPS) is 13.0. The second kappa shape index (κ2) is 7.61. The summed E-state index contributed by atoms with van der Waals surface area (Å²) in [5.41, 5.74) is 2.42. The molecule has 23 heavy (non-hydrogen) atoms. The van der Waals surface area contributed by atoms with Crippen LogP contribution in [0.25, 0.3) is 11.4 Å². The molecular formula is C16H22N4O2S. The SMILES string of the molecule is CCCCS(=O)(=O)N[C@H](C)c1cnc(-c2ccncc2)nc1C. The Morgan fingerprint density at radius 1 is 1.26 bits per heavy atom. The monoisotopic (exact) mass is 334 g/mol. The van der Waals surface area contributed by atoms with Gasteiger partial charge in [-0.15, -0.1) is 0 Å². The molecule has 0 unspecified atom stereocenters. The number of aromatic nitrogens is 3. The number of hydrogen-bond acceptors (Lipinski definition) is 5. The minimum absolute atomic E-state index is 0.142. The van der Waals surface area contributed by atoms with Crippen LogP contribution in [0.4, 0.5) is 0 Å². The summed E-state index contributed by atoms with van der Waals surface area (Å²) in [6.45, 7) is 5.63. The second-order valence-corrected chi connectivity index (χ2v) is 7.36. The number of nitrogens with one attached hydrogen (secondary N) is 1. The van der Waals surface area contributed by atoms with Crippen molar-refractivity contribution in [1.82, 2.24) is 19.7 Å². The Hall–Kier alpha value is -1.86. The highest BCUT2D eigenvalue weighted by Gasteiger charge is 2.18. The second-order valence-electron chi connectivity index (χ2n) is 5.48. The van der Waals surface area contributed by atoms with Crippen molar-refractivity contribution in [3.63, 3.8) is 0 Å². The van der Waals surface area contributed by atoms with Crippen molar-refractivity contribution in [3.8, 4) is 11.4 Å². The molecule has 2 heterocycles. The van der Waals surface area contributed by atoms with Gasteiger partial charge in [-0.2, -0.15) is 0 Å². The molecule has 2 aromatic rings. The zero-order valence-corrected chi connectivity index (χ0v) is 14.5. The summed E-state index contributed by atoms with van der Waals surface area (Å²) in [7, 11) is -3.28. The first-order valence-electron chi connectivity index (χ1n) is 7.67. The molecule has 0 amide bonds. The molecule has 0 aliphatic rings. The van der Waals surface area contributed by atoms with Gasteiger partial charge in [0.2, 0.25) is 10.0 Å². The Balaban J connectivity index is 2.17. The summed E-state index contributed by atoms with van der Waals surface area (Å²) >= 11 is 0. The van der Waals surface area contributed by atoms with Gasteiger partial charge in [0.1, 0.15) is 0 Å². The Kier molecular flexibility index (Phi) is 5.79. The molecule has 0 aliphatic heterocycles. The third-order valence-corrected chi connectivity index (χ3v) is 5.08. The number of sulfonamides is 1. The molecule has 0 radical (unpaired) electrons. The summed E-state index contributed by atoms with van der Waals surface area (Å²) < 4.78 is 26.7. The summed E-state index contributed by atoms with van der Waals surface area (Å²) in [5.74, 6) is 0.748. The van der Waals surface area contributed by atoms with E-state index >= 15 is 0 Å². The molecule has 1 atom stereocenters. The number of aryl methyl sites for hydroxylation is 1. The van der Waals surface area contributed by atoms with E-state index in [2.05, 4.69) is 19.7 Å². The quantitative estimate of drug-likeness (QED) is 0.841. The van der Waals surface area contributed by atoms with Crippen LogP contribution in [0.3, 0.4) is 0 Å². The van der Waals surface area contributed by atoms with E-state index in [1.54, 1.807) is 25.5 Å². The molecule has 1 N–H and O–H groups in total. The largest absolute Gasteiger partial charge is 0.265 e. The van der Waals surface area contributed by atoms with Crippen LogP contribution >= 0.6 is 0 Å². The summed E-state index contributed by atoms with van der Waals surface area (Å²) in [6.07, 6.45) is 6.56. The molecule has 2 aromatic heterocycles. The smallest absolute Gasteiger partial charge is 0.212 e. The van der Waals surface area contributed by atoms with Crippen molar-refractivity contribution < 1.29 is 8.42 Å². The van der Waals surface area contributed by atoms with E-state index in [4.69, 9.17) is 0 Å². The predicted octanol–water partition coefficient (Wildman–Crippen LogP) is 2.63. The molecule has 2 rings (SSSR count). The maximum atomic E-state index is 12.0. The van der Waals surface area contributed by atoms with Crippen LogP contribution in [0, 0.1) is 6.92 Å². The summed E-state index contributed by atoms with van der Waals surface area (Å²) in [6, 6.07) is 3.32. The lowest BCUT2D eigenvalue weighted by atomic mass is 10.1. The number of hydrogen-bond donors (Lipinski definition) is 1. The highest BCUT2D eigenvalue weighted by molar-refractivity contribution is 7.89. The average Bonchev–Trinajstić information content (AvgIpc) is 2.53. The van der Waals surface area contributed by atoms with Crippen LogP contribution in [0.2, 0.25) is 0 Å². The van der Waals surface area contributed by atoms with E-state index < -0.39 is 10.0 Å². The number of unbranched alkanes of at least 4 members (excludes halogenated alkanes) is 1. The molecule has 0 fully saturated rings. The van der Waals surface area contributed by atoms with Gasteiger partial charge in [0.25, 0.3) is 0 Å². The first-order valence-corrected chi connectivity index (χ1v) is 9.32. The van der Waals surface area contributed by atoms with Gasteiger partial charge >= 0.3 is 0 Å². The number of pyridine rings is 1. The van der Waals surface area contributed by atoms with Crippen molar-refractivity contribution >= 4 is 10.0 Å². The van der Waals surface area contributed by atoms with Crippen molar-refractivity contribution in [2.45, 2.75) is 39.7 Å². The van der Waals surface area contributed by atoms with Gasteiger partial charge in [-0.25, -0.2) is 23.1 Å². The van der Waals surface area contributed by atoms with E-state index in [-0.39, 0.29) is 11.8 Å². The standard InChI is InChI=1S/C16H22N4O2S/c1-4-5-10-23(21,22)20-13(3)15-11-18-16(19-12(15)2)14-6-8-17-9-7-14/h6-9,11,13,20H,4-5,10H2,1-3H3/t13-/m1/s1. The fraction of sp³-hybridized carbons (Fsp3) is 0.438. The van der Waals surface area contributed by atoms with Crippen LogP contribution in [-0.4, -0.2) is 29.1 Å².